The van der Waals surface area contributed by atoms with Gasteiger partial charge in [0.25, 0.3) is 0 Å². The van der Waals surface area contributed by atoms with Gasteiger partial charge in [-0.1, -0.05) is 6.42 Å². The summed E-state index contributed by atoms with van der Waals surface area (Å²) in [5.74, 6) is 2.66. The van der Waals surface area contributed by atoms with Crippen molar-refractivity contribution < 1.29 is 0 Å². The lowest BCUT2D eigenvalue weighted by molar-refractivity contribution is 0.143. The predicted molar refractivity (Wildman–Crippen MR) is 72.1 cm³/mol. The highest BCUT2D eigenvalue weighted by molar-refractivity contribution is 7.99. The van der Waals surface area contributed by atoms with Crippen LogP contribution in [0.2, 0.25) is 0 Å². The average molecular weight is 265 g/mol. The van der Waals surface area contributed by atoms with Crippen LogP contribution in [-0.4, -0.2) is 44.7 Å². The van der Waals surface area contributed by atoms with Crippen LogP contribution in [0.3, 0.4) is 0 Å². The molecule has 0 aromatic carbocycles. The molecule has 1 atom stereocenters. The summed E-state index contributed by atoms with van der Waals surface area (Å²) < 4.78 is 0. The molecule has 1 saturated heterocycles. The van der Waals surface area contributed by atoms with Gasteiger partial charge in [0, 0.05) is 0 Å². The molecule has 18 heavy (non-hydrogen) atoms. The van der Waals surface area contributed by atoms with Crippen LogP contribution in [0, 0.1) is 11.3 Å². The van der Waals surface area contributed by atoms with Gasteiger partial charge in [0.1, 0.15) is 12.2 Å². The first kappa shape index (κ1) is 13.4. The van der Waals surface area contributed by atoms with E-state index in [1.165, 1.54) is 19.3 Å². The molecule has 1 fully saturated rings. The maximum atomic E-state index is 8.48. The van der Waals surface area contributed by atoms with Crippen LogP contribution in [0.1, 0.15) is 37.5 Å². The number of H-pyrrole nitrogens is 1. The maximum Gasteiger partial charge on any atom is 0.141 e. The molecule has 0 radical (unpaired) electrons. The molecule has 0 amide bonds. The van der Waals surface area contributed by atoms with Crippen LogP contribution in [0.25, 0.3) is 0 Å². The van der Waals surface area contributed by atoms with E-state index in [0.717, 1.165) is 31.1 Å². The molecule has 0 spiro atoms. The van der Waals surface area contributed by atoms with Gasteiger partial charge in [-0.15, -0.1) is 11.8 Å². The third kappa shape index (κ3) is 3.72. The second-order valence-electron chi connectivity index (χ2n) is 4.48. The molecule has 98 valence electrons. The molecule has 6 heteroatoms. The minimum absolute atomic E-state index is 0.405. The van der Waals surface area contributed by atoms with Gasteiger partial charge in [0.05, 0.1) is 17.9 Å². The van der Waals surface area contributed by atoms with Crippen LogP contribution in [0.15, 0.2) is 6.33 Å². The monoisotopic (exact) mass is 265 g/mol. The van der Waals surface area contributed by atoms with Crippen molar-refractivity contribution >= 4 is 11.8 Å². The van der Waals surface area contributed by atoms with E-state index >= 15 is 0 Å². The fraction of sp³-hybridized carbons (Fsp3) is 0.750. The lowest BCUT2D eigenvalue weighted by Gasteiger charge is -2.34. The summed E-state index contributed by atoms with van der Waals surface area (Å²) in [6, 6.07) is 2.57. The van der Waals surface area contributed by atoms with Crippen molar-refractivity contribution in [3.8, 4) is 6.07 Å². The zero-order chi connectivity index (χ0) is 12.6. The number of thioether (sulfide) groups is 1. The smallest absolute Gasteiger partial charge is 0.141 e. The number of likely N-dealkylation sites (tertiary alicyclic amines) is 1. The van der Waals surface area contributed by atoms with E-state index in [9.17, 15) is 0 Å². The fourth-order valence-electron chi connectivity index (χ4n) is 2.43. The summed E-state index contributed by atoms with van der Waals surface area (Å²) in [5.41, 5.74) is 0. The predicted octanol–water partition coefficient (Wildman–Crippen LogP) is 1.98. The number of aromatic amines is 1. The van der Waals surface area contributed by atoms with Crippen molar-refractivity contribution in [3.05, 3.63) is 12.2 Å². The summed E-state index contributed by atoms with van der Waals surface area (Å²) >= 11 is 1.72. The van der Waals surface area contributed by atoms with E-state index in [4.69, 9.17) is 5.26 Å². The quantitative estimate of drug-likeness (QED) is 0.796. The van der Waals surface area contributed by atoms with Crippen LogP contribution in [0.4, 0.5) is 0 Å². The minimum Gasteiger partial charge on any atom is -0.293 e. The number of nitrogens with zero attached hydrogens (tertiary/aromatic N) is 4. The van der Waals surface area contributed by atoms with Crippen molar-refractivity contribution in [1.82, 2.24) is 20.1 Å². The Hall–Kier alpha value is -1.06. The zero-order valence-corrected chi connectivity index (χ0v) is 11.3. The normalized spacial score (nSPS) is 20.7. The highest BCUT2D eigenvalue weighted by Crippen LogP contribution is 2.28. The second-order valence-corrected chi connectivity index (χ2v) is 5.59. The van der Waals surface area contributed by atoms with Crippen LogP contribution in [0.5, 0.6) is 0 Å². The largest absolute Gasteiger partial charge is 0.293 e. The number of aromatic nitrogens is 3. The van der Waals surface area contributed by atoms with Gasteiger partial charge in [-0.05, 0) is 38.1 Å². The molecule has 0 saturated carbocycles. The first-order valence-corrected chi connectivity index (χ1v) is 7.61. The molecule has 1 aromatic heterocycles. The standard InChI is InChI=1S/C12H19N5S/c13-5-9-18-8-3-7-17-6-2-1-4-11(17)12-14-10-15-16-12/h10-11H,1-4,6-9H2,(H,14,15,16)/t11-/m1/s1. The van der Waals surface area contributed by atoms with Gasteiger partial charge in [-0.2, -0.15) is 10.4 Å². The molecule has 1 aliphatic heterocycles. The molecule has 1 N–H and O–H groups in total. The zero-order valence-electron chi connectivity index (χ0n) is 10.5. The van der Waals surface area contributed by atoms with Crippen molar-refractivity contribution in [2.75, 3.05) is 24.6 Å². The Morgan fingerprint density at radius 3 is 3.28 bits per heavy atom. The van der Waals surface area contributed by atoms with E-state index in [1.807, 2.05) is 0 Å². The van der Waals surface area contributed by atoms with Crippen molar-refractivity contribution in [2.45, 2.75) is 31.7 Å². The molecule has 1 aliphatic rings. The summed E-state index contributed by atoms with van der Waals surface area (Å²) in [5, 5.41) is 15.4. The van der Waals surface area contributed by atoms with Gasteiger partial charge < -0.3 is 0 Å². The Balaban J connectivity index is 1.79. The molecule has 0 bridgehead atoms. The lowest BCUT2D eigenvalue weighted by atomic mass is 10.0. The lowest BCUT2D eigenvalue weighted by Crippen LogP contribution is -2.35. The van der Waals surface area contributed by atoms with Gasteiger partial charge in [-0.3, -0.25) is 10.00 Å². The first-order valence-electron chi connectivity index (χ1n) is 6.46. The summed E-state index contributed by atoms with van der Waals surface area (Å²) in [6.45, 7) is 2.23. The van der Waals surface area contributed by atoms with E-state index in [0.29, 0.717) is 11.8 Å². The molecule has 0 aliphatic carbocycles. The number of nitriles is 1. The van der Waals surface area contributed by atoms with Crippen LogP contribution >= 0.6 is 11.8 Å². The summed E-state index contributed by atoms with van der Waals surface area (Å²) in [4.78, 5) is 6.79. The minimum atomic E-state index is 0.405. The first-order chi connectivity index (χ1) is 8.92. The Bertz CT molecular complexity index is 372. The Kier molecular flexibility index (Phi) is 5.49. The fourth-order valence-corrected chi connectivity index (χ4v) is 3.00. The van der Waals surface area contributed by atoms with Crippen molar-refractivity contribution in [2.24, 2.45) is 0 Å². The van der Waals surface area contributed by atoms with Gasteiger partial charge in [0.2, 0.25) is 0 Å². The molecule has 2 heterocycles. The van der Waals surface area contributed by atoms with Gasteiger partial charge >= 0.3 is 0 Å². The second kappa shape index (κ2) is 7.39. The molecule has 1 aromatic rings. The Labute approximate surface area is 112 Å². The highest BCUT2D eigenvalue weighted by Gasteiger charge is 2.25. The summed E-state index contributed by atoms with van der Waals surface area (Å²) in [7, 11) is 0. The average Bonchev–Trinajstić information content (AvgIpc) is 2.93. The topological polar surface area (TPSA) is 68.6 Å². The number of piperidine rings is 1. The highest BCUT2D eigenvalue weighted by atomic mass is 32.2. The van der Waals surface area contributed by atoms with E-state index in [1.54, 1.807) is 18.1 Å². The third-order valence-corrected chi connectivity index (χ3v) is 4.17. The Morgan fingerprint density at radius 1 is 1.56 bits per heavy atom. The van der Waals surface area contributed by atoms with Crippen molar-refractivity contribution in [3.63, 3.8) is 0 Å². The summed E-state index contributed by atoms with van der Waals surface area (Å²) in [6.07, 6.45) is 6.43. The molecule has 0 unspecified atom stereocenters. The maximum absolute atomic E-state index is 8.48. The third-order valence-electron chi connectivity index (χ3n) is 3.26. The van der Waals surface area contributed by atoms with E-state index in [2.05, 4.69) is 26.2 Å². The molecule has 2 rings (SSSR count). The number of rotatable bonds is 6. The number of nitrogens with one attached hydrogen (secondary N) is 1. The van der Waals surface area contributed by atoms with Crippen LogP contribution < -0.4 is 0 Å². The van der Waals surface area contributed by atoms with Crippen LogP contribution in [-0.2, 0) is 0 Å². The molecular weight excluding hydrogens is 246 g/mol. The molecular formula is C12H19N5S. The van der Waals surface area contributed by atoms with Crippen molar-refractivity contribution in [1.29, 1.82) is 5.26 Å². The SMILES string of the molecule is N#CCSCCCN1CCCC[C@@H]1c1ncn[nH]1. The Morgan fingerprint density at radius 2 is 2.50 bits per heavy atom. The van der Waals surface area contributed by atoms with E-state index in [-0.39, 0.29) is 0 Å². The molecule has 5 nitrogen and oxygen atoms in total. The number of hydrogen-bond donors (Lipinski definition) is 1. The van der Waals surface area contributed by atoms with E-state index < -0.39 is 0 Å². The van der Waals surface area contributed by atoms with Gasteiger partial charge in [0.15, 0.2) is 0 Å². The van der Waals surface area contributed by atoms with Gasteiger partial charge in [-0.25, -0.2) is 4.98 Å². The number of hydrogen-bond acceptors (Lipinski definition) is 5.